The third kappa shape index (κ3) is 5.39. The van der Waals surface area contributed by atoms with Crippen molar-refractivity contribution in [2.24, 2.45) is 5.92 Å². The average molecular weight is 616 g/mol. The van der Waals surface area contributed by atoms with E-state index in [1.807, 2.05) is 13.0 Å². The molecule has 2 aromatic heterocycles. The van der Waals surface area contributed by atoms with Gasteiger partial charge in [0.1, 0.15) is 23.0 Å². The molecule has 1 N–H and O–H groups in total. The number of carbonyl (C=O) groups is 3. The minimum absolute atomic E-state index is 0. The number of aromatic carboxylic acids is 1. The molecule has 4 heterocycles. The van der Waals surface area contributed by atoms with Gasteiger partial charge in [-0.15, -0.1) is 0 Å². The number of hydrogen-bond acceptors (Lipinski definition) is 8. The van der Waals surface area contributed by atoms with Crippen LogP contribution in [0.4, 0.5) is 0 Å². The molecule has 2 aliphatic heterocycles. The van der Waals surface area contributed by atoms with Crippen LogP contribution in [0.25, 0.3) is 22.0 Å². The van der Waals surface area contributed by atoms with E-state index in [4.69, 9.17) is 9.47 Å². The Labute approximate surface area is 283 Å². The van der Waals surface area contributed by atoms with Crippen molar-refractivity contribution in [3.63, 3.8) is 0 Å². The number of ether oxygens (including phenoxy) is 2. The number of fused-ring (bicyclic) bond motifs is 2. The number of carboxylic acids is 1. The van der Waals surface area contributed by atoms with E-state index in [-0.39, 0.29) is 46.7 Å². The summed E-state index contributed by atoms with van der Waals surface area (Å²) < 4.78 is 15.0. The number of rotatable bonds is 7. The Morgan fingerprint density at radius 3 is 2.56 bits per heavy atom. The number of nitrogens with zero attached hydrogens (tertiary/aromatic N) is 2. The number of benzene rings is 2. The molecular weight excluding hydrogens is 581 g/mol. The Morgan fingerprint density at radius 2 is 1.87 bits per heavy atom. The number of pyridine rings is 1. The van der Waals surface area contributed by atoms with Crippen molar-refractivity contribution in [1.29, 1.82) is 0 Å². The molecule has 3 aliphatic rings. The molecule has 9 nitrogen and oxygen atoms in total. The van der Waals surface area contributed by atoms with Gasteiger partial charge in [-0.3, -0.25) is 14.6 Å². The second-order valence-electron chi connectivity index (χ2n) is 12.2. The van der Waals surface area contributed by atoms with Crippen molar-refractivity contribution in [3.8, 4) is 22.6 Å². The Balaban J connectivity index is 0.00000357. The van der Waals surface area contributed by atoms with E-state index in [0.717, 1.165) is 29.3 Å². The fourth-order valence-electron chi connectivity index (χ4n) is 6.94. The second-order valence-corrected chi connectivity index (χ2v) is 12.2. The smallest absolute Gasteiger partial charge is 0.545 e. The third-order valence-corrected chi connectivity index (χ3v) is 9.31. The van der Waals surface area contributed by atoms with Crippen molar-refractivity contribution in [3.05, 3.63) is 76.7 Å². The van der Waals surface area contributed by atoms with Gasteiger partial charge >= 0.3 is 29.6 Å². The quantitative estimate of drug-likeness (QED) is 0.189. The number of aromatic nitrogens is 2. The average Bonchev–Trinajstić information content (AvgIpc) is 3.80. The SMILES string of the molecule is CCOc1cc(C(=O)[C@@H]2C(=O)c3cc(-c4cnc(C)c(C(=O)[O-])c4)ccc3OC23CCNCC3)cc2c1c(C)cn2C1CC1.[Na+]. The minimum atomic E-state index is -1.32. The number of ketones is 2. The molecule has 1 aliphatic carbocycles. The molecule has 0 amide bonds. The predicted molar refractivity (Wildman–Crippen MR) is 162 cm³/mol. The number of nitrogens with one attached hydrogen (secondary N) is 1. The van der Waals surface area contributed by atoms with E-state index in [2.05, 4.69) is 28.0 Å². The van der Waals surface area contributed by atoms with Crippen molar-refractivity contribution in [2.45, 2.75) is 58.1 Å². The first-order valence-electron chi connectivity index (χ1n) is 15.3. The first kappa shape index (κ1) is 31.5. The van der Waals surface area contributed by atoms with Crippen LogP contribution in [-0.2, 0) is 0 Å². The van der Waals surface area contributed by atoms with Gasteiger partial charge in [0.05, 0.1) is 23.7 Å². The number of hydrogen-bond donors (Lipinski definition) is 1. The minimum Gasteiger partial charge on any atom is -0.545 e. The first-order valence-corrected chi connectivity index (χ1v) is 15.3. The predicted octanol–water partition coefficient (Wildman–Crippen LogP) is 1.62. The van der Waals surface area contributed by atoms with Crippen LogP contribution in [-0.4, -0.2) is 52.4 Å². The van der Waals surface area contributed by atoms with Crippen molar-refractivity contribution >= 4 is 28.4 Å². The van der Waals surface area contributed by atoms with E-state index >= 15 is 0 Å². The zero-order valence-corrected chi connectivity index (χ0v) is 28.1. The third-order valence-electron chi connectivity index (χ3n) is 9.31. The van der Waals surface area contributed by atoms with E-state index in [1.54, 1.807) is 37.4 Å². The molecule has 10 heteroatoms. The Kier molecular flexibility index (Phi) is 8.41. The number of Topliss-reactive ketones (excluding diaryl/α,β-unsaturated/α-hetero) is 2. The molecule has 1 atom stereocenters. The zero-order valence-electron chi connectivity index (χ0n) is 26.1. The molecule has 0 radical (unpaired) electrons. The summed E-state index contributed by atoms with van der Waals surface area (Å²) in [5, 5.41) is 16.0. The number of piperidine rings is 1. The number of carbonyl (C=O) groups excluding carboxylic acids is 3. The van der Waals surface area contributed by atoms with Gasteiger partial charge in [0, 0.05) is 59.0 Å². The Bertz CT molecular complexity index is 1850. The molecule has 0 unspecified atom stereocenters. The first-order chi connectivity index (χ1) is 21.2. The molecule has 7 rings (SSSR count). The summed E-state index contributed by atoms with van der Waals surface area (Å²) in [6.07, 6.45) is 6.89. The molecule has 2 fully saturated rings. The standard InChI is InChI=1S/C35H35N3O6.Na/c1-4-43-29-16-22(15-27-30(29)19(2)18-38(27)24-6-7-24)32(39)31-33(40)26-13-21(23-14-25(34(41)42)20(3)37-17-23)5-8-28(26)44-35(31)9-11-36-12-10-35;/h5,8,13-18,24,31,36H,4,6-7,9-12H2,1-3H3,(H,41,42);/q;+1/p-1/t31-;/m1./s1. The van der Waals surface area contributed by atoms with Crippen molar-refractivity contribution < 1.29 is 58.5 Å². The maximum absolute atomic E-state index is 14.6. The zero-order chi connectivity index (χ0) is 30.7. The van der Waals surface area contributed by atoms with E-state index in [9.17, 15) is 19.5 Å². The van der Waals surface area contributed by atoms with E-state index in [0.29, 0.717) is 78.0 Å². The molecule has 45 heavy (non-hydrogen) atoms. The second kappa shape index (κ2) is 12.0. The molecule has 0 bridgehead atoms. The largest absolute Gasteiger partial charge is 1.00 e. The van der Waals surface area contributed by atoms with E-state index < -0.39 is 17.5 Å². The van der Waals surface area contributed by atoms with Crippen molar-refractivity contribution in [1.82, 2.24) is 14.9 Å². The molecule has 2 aromatic carbocycles. The summed E-state index contributed by atoms with van der Waals surface area (Å²) in [7, 11) is 0. The summed E-state index contributed by atoms with van der Waals surface area (Å²) in [6.45, 7) is 7.28. The van der Waals surface area contributed by atoms with Gasteiger partial charge in [-0.05, 0) is 88.2 Å². The normalized spacial score (nSPS) is 18.6. The maximum Gasteiger partial charge on any atom is 1.00 e. The summed E-state index contributed by atoms with van der Waals surface area (Å²) in [5.41, 5.74) is 3.23. The van der Waals surface area contributed by atoms with Gasteiger partial charge in [0.25, 0.3) is 0 Å². The molecule has 4 aromatic rings. The van der Waals surface area contributed by atoms with Gasteiger partial charge in [-0.2, -0.15) is 0 Å². The maximum atomic E-state index is 14.6. The fraction of sp³-hybridized carbons (Fsp3) is 0.371. The molecule has 1 saturated carbocycles. The van der Waals surface area contributed by atoms with Crippen molar-refractivity contribution in [2.75, 3.05) is 19.7 Å². The molecular formula is C35H34N3NaO6. The van der Waals surface area contributed by atoms with E-state index in [1.165, 1.54) is 6.07 Å². The molecule has 226 valence electrons. The summed E-state index contributed by atoms with van der Waals surface area (Å²) in [4.78, 5) is 45.0. The molecule has 1 saturated heterocycles. The number of carboxylic acid groups (broad SMARTS) is 1. The van der Waals surface area contributed by atoms with Gasteiger partial charge < -0.3 is 29.3 Å². The van der Waals surface area contributed by atoms with Gasteiger partial charge in [-0.25, -0.2) is 0 Å². The molecule has 1 spiro atoms. The van der Waals surface area contributed by atoms with Crippen LogP contribution < -0.4 is 49.5 Å². The van der Waals surface area contributed by atoms with Crippen LogP contribution in [0, 0.1) is 19.8 Å². The topological polar surface area (TPSA) is 123 Å². The van der Waals surface area contributed by atoms with Crippen LogP contribution in [0.2, 0.25) is 0 Å². The van der Waals surface area contributed by atoms with Gasteiger partial charge in [0.15, 0.2) is 11.6 Å². The van der Waals surface area contributed by atoms with Crippen LogP contribution >= 0.6 is 0 Å². The van der Waals surface area contributed by atoms with Crippen LogP contribution in [0.3, 0.4) is 0 Å². The van der Waals surface area contributed by atoms with Crippen LogP contribution in [0.5, 0.6) is 11.5 Å². The fourth-order valence-corrected chi connectivity index (χ4v) is 6.94. The van der Waals surface area contributed by atoms with Gasteiger partial charge in [-0.1, -0.05) is 6.07 Å². The van der Waals surface area contributed by atoms with Gasteiger partial charge in [0.2, 0.25) is 0 Å². The van der Waals surface area contributed by atoms with Crippen LogP contribution in [0.15, 0.2) is 48.8 Å². The summed E-state index contributed by atoms with van der Waals surface area (Å²) >= 11 is 0. The number of aryl methyl sites for hydroxylation is 2. The Hall–Kier alpha value is -3.50. The Morgan fingerprint density at radius 1 is 1.11 bits per heavy atom. The summed E-state index contributed by atoms with van der Waals surface area (Å²) in [5.74, 6) is -1.89. The van der Waals surface area contributed by atoms with Crippen LogP contribution in [0.1, 0.15) is 81.0 Å². The monoisotopic (exact) mass is 615 g/mol. The summed E-state index contributed by atoms with van der Waals surface area (Å²) in [6, 6.07) is 10.8.